The number of rotatable bonds is 6. The first-order valence-electron chi connectivity index (χ1n) is 7.17. The Morgan fingerprint density at radius 3 is 2.71 bits per heavy atom. The molecule has 94 valence electrons. The van der Waals surface area contributed by atoms with Gasteiger partial charge in [0.05, 0.1) is 0 Å². The maximum atomic E-state index is 3.67. The van der Waals surface area contributed by atoms with Crippen molar-refractivity contribution in [2.24, 2.45) is 5.92 Å². The zero-order valence-electron chi connectivity index (χ0n) is 11.2. The molecular weight excluding hydrogens is 206 g/mol. The van der Waals surface area contributed by atoms with E-state index >= 15 is 0 Å². The van der Waals surface area contributed by atoms with Crippen LogP contribution >= 0.6 is 0 Å². The normalized spacial score (nSPS) is 17.8. The van der Waals surface area contributed by atoms with Crippen molar-refractivity contribution in [3.05, 3.63) is 35.4 Å². The highest BCUT2D eigenvalue weighted by atomic mass is 14.9. The molecule has 1 aromatic carbocycles. The Bertz CT molecular complexity index is 341. The summed E-state index contributed by atoms with van der Waals surface area (Å²) in [7, 11) is 0. The van der Waals surface area contributed by atoms with Gasteiger partial charge in [0.2, 0.25) is 0 Å². The zero-order valence-corrected chi connectivity index (χ0v) is 11.2. The van der Waals surface area contributed by atoms with Crippen molar-refractivity contribution in [2.75, 3.05) is 6.54 Å². The predicted octanol–water partition coefficient (Wildman–Crippen LogP) is 4.09. The fourth-order valence-corrected chi connectivity index (χ4v) is 2.78. The smallest absolute Gasteiger partial charge is 0.0348 e. The average molecular weight is 231 g/mol. The molecule has 0 bridgehead atoms. The molecule has 1 N–H and O–H groups in total. The quantitative estimate of drug-likeness (QED) is 0.777. The summed E-state index contributed by atoms with van der Waals surface area (Å²) < 4.78 is 0. The van der Waals surface area contributed by atoms with Gasteiger partial charge in [0.15, 0.2) is 0 Å². The number of benzene rings is 1. The lowest BCUT2D eigenvalue weighted by Gasteiger charge is -2.34. The summed E-state index contributed by atoms with van der Waals surface area (Å²) in [6.07, 6.45) is 6.66. The highest BCUT2D eigenvalue weighted by molar-refractivity contribution is 5.27. The minimum absolute atomic E-state index is 0.588. The van der Waals surface area contributed by atoms with Crippen molar-refractivity contribution < 1.29 is 0 Å². The molecule has 2 rings (SSSR count). The molecule has 1 aliphatic carbocycles. The van der Waals surface area contributed by atoms with Crippen LogP contribution in [0.4, 0.5) is 0 Å². The molecule has 0 saturated heterocycles. The SMILES string of the molecule is CCCc1cccc(C(NCC)C2CCC2)c1. The van der Waals surface area contributed by atoms with Gasteiger partial charge in [0.25, 0.3) is 0 Å². The van der Waals surface area contributed by atoms with E-state index in [2.05, 4.69) is 43.4 Å². The second-order valence-electron chi connectivity index (χ2n) is 5.22. The number of hydrogen-bond donors (Lipinski definition) is 1. The van der Waals surface area contributed by atoms with E-state index in [1.807, 2.05) is 0 Å². The van der Waals surface area contributed by atoms with E-state index in [1.165, 1.54) is 43.2 Å². The van der Waals surface area contributed by atoms with Crippen molar-refractivity contribution in [3.8, 4) is 0 Å². The lowest BCUT2D eigenvalue weighted by molar-refractivity contribution is 0.233. The van der Waals surface area contributed by atoms with Gasteiger partial charge in [-0.3, -0.25) is 0 Å². The van der Waals surface area contributed by atoms with Gasteiger partial charge in [-0.2, -0.15) is 0 Å². The first kappa shape index (κ1) is 12.6. The van der Waals surface area contributed by atoms with E-state index in [4.69, 9.17) is 0 Å². The maximum Gasteiger partial charge on any atom is 0.0348 e. The third kappa shape index (κ3) is 3.10. The van der Waals surface area contributed by atoms with Crippen molar-refractivity contribution in [2.45, 2.75) is 52.0 Å². The van der Waals surface area contributed by atoms with Crippen molar-refractivity contribution in [1.82, 2.24) is 5.32 Å². The molecule has 1 atom stereocenters. The van der Waals surface area contributed by atoms with Crippen molar-refractivity contribution in [3.63, 3.8) is 0 Å². The van der Waals surface area contributed by atoms with Crippen molar-refractivity contribution >= 4 is 0 Å². The van der Waals surface area contributed by atoms with Crippen LogP contribution in [0, 0.1) is 5.92 Å². The lowest BCUT2D eigenvalue weighted by atomic mass is 9.77. The number of aryl methyl sites for hydroxylation is 1. The van der Waals surface area contributed by atoms with Gasteiger partial charge in [-0.15, -0.1) is 0 Å². The first-order chi connectivity index (χ1) is 8.35. The van der Waals surface area contributed by atoms with Gasteiger partial charge in [0.1, 0.15) is 0 Å². The Morgan fingerprint density at radius 1 is 1.29 bits per heavy atom. The average Bonchev–Trinajstić information content (AvgIpc) is 2.27. The van der Waals surface area contributed by atoms with Gasteiger partial charge in [-0.05, 0) is 42.9 Å². The largest absolute Gasteiger partial charge is 0.310 e. The van der Waals surface area contributed by atoms with E-state index in [1.54, 1.807) is 0 Å². The Balaban J connectivity index is 2.13. The van der Waals surface area contributed by atoms with Crippen LogP contribution in [0.3, 0.4) is 0 Å². The number of hydrogen-bond acceptors (Lipinski definition) is 1. The Hall–Kier alpha value is -0.820. The van der Waals surface area contributed by atoms with Crippen LogP contribution in [0.25, 0.3) is 0 Å². The van der Waals surface area contributed by atoms with Crippen LogP contribution in [-0.2, 0) is 6.42 Å². The lowest BCUT2D eigenvalue weighted by Crippen LogP contribution is -2.32. The molecule has 1 nitrogen and oxygen atoms in total. The van der Waals surface area contributed by atoms with Crippen LogP contribution in [0.5, 0.6) is 0 Å². The summed E-state index contributed by atoms with van der Waals surface area (Å²) >= 11 is 0. The molecule has 0 heterocycles. The van der Waals surface area contributed by atoms with E-state index in [9.17, 15) is 0 Å². The third-order valence-corrected chi connectivity index (χ3v) is 3.89. The van der Waals surface area contributed by atoms with Crippen LogP contribution in [0.15, 0.2) is 24.3 Å². The standard InChI is InChI=1S/C16H25N/c1-3-7-13-8-5-11-15(12-13)16(17-4-2)14-9-6-10-14/h5,8,11-12,14,16-17H,3-4,6-7,9-10H2,1-2H3. The molecule has 0 amide bonds. The topological polar surface area (TPSA) is 12.0 Å². The van der Waals surface area contributed by atoms with E-state index in [0.717, 1.165) is 12.5 Å². The molecule has 1 aliphatic rings. The molecular formula is C16H25N. The van der Waals surface area contributed by atoms with Gasteiger partial charge in [-0.25, -0.2) is 0 Å². The third-order valence-electron chi connectivity index (χ3n) is 3.89. The molecule has 1 fully saturated rings. The van der Waals surface area contributed by atoms with E-state index in [-0.39, 0.29) is 0 Å². The minimum Gasteiger partial charge on any atom is -0.310 e. The zero-order chi connectivity index (χ0) is 12.1. The first-order valence-corrected chi connectivity index (χ1v) is 7.17. The van der Waals surface area contributed by atoms with Crippen LogP contribution < -0.4 is 5.32 Å². The molecule has 0 radical (unpaired) electrons. The fourth-order valence-electron chi connectivity index (χ4n) is 2.78. The van der Waals surface area contributed by atoms with Crippen LogP contribution in [0.2, 0.25) is 0 Å². The molecule has 0 aromatic heterocycles. The summed E-state index contributed by atoms with van der Waals surface area (Å²) in [5.41, 5.74) is 3.00. The Kier molecular flexibility index (Phi) is 4.61. The maximum absolute atomic E-state index is 3.67. The van der Waals surface area contributed by atoms with Crippen molar-refractivity contribution in [1.29, 1.82) is 0 Å². The Labute approximate surface area is 106 Å². The molecule has 1 aromatic rings. The fraction of sp³-hybridized carbons (Fsp3) is 0.625. The molecule has 0 spiro atoms. The monoisotopic (exact) mass is 231 g/mol. The molecule has 0 aliphatic heterocycles. The Morgan fingerprint density at radius 2 is 2.12 bits per heavy atom. The van der Waals surface area contributed by atoms with Crippen LogP contribution in [-0.4, -0.2) is 6.54 Å². The van der Waals surface area contributed by atoms with Gasteiger partial charge < -0.3 is 5.32 Å². The highest BCUT2D eigenvalue weighted by Crippen LogP contribution is 2.37. The summed E-state index contributed by atoms with van der Waals surface area (Å²) in [4.78, 5) is 0. The molecule has 1 heteroatoms. The molecule has 1 unspecified atom stereocenters. The second-order valence-corrected chi connectivity index (χ2v) is 5.22. The predicted molar refractivity (Wildman–Crippen MR) is 74.2 cm³/mol. The van der Waals surface area contributed by atoms with Gasteiger partial charge >= 0.3 is 0 Å². The van der Waals surface area contributed by atoms with E-state index in [0.29, 0.717) is 6.04 Å². The summed E-state index contributed by atoms with van der Waals surface area (Å²) in [6.45, 7) is 5.53. The number of nitrogens with one attached hydrogen (secondary N) is 1. The summed E-state index contributed by atoms with van der Waals surface area (Å²) in [5.74, 6) is 0.867. The summed E-state index contributed by atoms with van der Waals surface area (Å²) in [6, 6.07) is 9.78. The highest BCUT2D eigenvalue weighted by Gasteiger charge is 2.27. The molecule has 1 saturated carbocycles. The minimum atomic E-state index is 0.588. The van der Waals surface area contributed by atoms with Crippen LogP contribution in [0.1, 0.15) is 56.7 Å². The van der Waals surface area contributed by atoms with Gasteiger partial charge in [0, 0.05) is 6.04 Å². The van der Waals surface area contributed by atoms with Gasteiger partial charge in [-0.1, -0.05) is 51.0 Å². The van der Waals surface area contributed by atoms with E-state index < -0.39 is 0 Å². The summed E-state index contributed by atoms with van der Waals surface area (Å²) in [5, 5.41) is 3.67. The second kappa shape index (κ2) is 6.20. The molecule has 17 heavy (non-hydrogen) atoms.